The van der Waals surface area contributed by atoms with Crippen molar-refractivity contribution in [2.24, 2.45) is 0 Å². The van der Waals surface area contributed by atoms with E-state index in [1.54, 1.807) is 0 Å². The number of benzene rings is 6. The first-order valence-electron chi connectivity index (χ1n) is 18.9. The van der Waals surface area contributed by atoms with E-state index < -0.39 is 0 Å². The van der Waals surface area contributed by atoms with E-state index in [0.717, 1.165) is 45.1 Å². The Labute approximate surface area is 324 Å². The number of imidazole rings is 1. The summed E-state index contributed by atoms with van der Waals surface area (Å²) in [6.45, 7) is 13.3. The van der Waals surface area contributed by atoms with Gasteiger partial charge < -0.3 is 4.74 Å². The number of fused-ring (bicyclic) bond motifs is 7. The summed E-state index contributed by atoms with van der Waals surface area (Å²) in [4.78, 5) is 4.96. The van der Waals surface area contributed by atoms with Crippen LogP contribution in [0.2, 0.25) is 0 Å². The Kier molecular flexibility index (Phi) is 7.52. The molecule has 0 unspecified atom stereocenters. The number of aromatic nitrogens is 4. The van der Waals surface area contributed by atoms with Crippen molar-refractivity contribution in [3.63, 3.8) is 0 Å². The van der Waals surface area contributed by atoms with Crippen molar-refractivity contribution in [3.05, 3.63) is 162 Å². The summed E-state index contributed by atoms with van der Waals surface area (Å²) < 4.78 is 16.2. The zero-order valence-corrected chi connectivity index (χ0v) is 32.7. The standard InChI is InChI=1S/C49H41N4OS/c1-30-22-31(2)48(32(3)23-30)52-29-51(41-15-8-9-16-42(41)52)34-12-11-13-35(25-34)54-36-18-19-37-39-27-40-38-14-7-10-17-45(38)55-46(40)28-44(39)53(43(37)26-36)47-24-33(20-21-50-47)49(4,5)6/h7-29H,1-6H3/q+1. The molecule has 0 saturated carbocycles. The quantitative estimate of drug-likeness (QED) is 0.165. The largest absolute Gasteiger partial charge is 0.457 e. The van der Waals surface area contributed by atoms with Crippen LogP contribution in [0.4, 0.5) is 0 Å². The highest BCUT2D eigenvalue weighted by atomic mass is 32.1. The molecule has 0 atom stereocenters. The molecule has 0 aliphatic rings. The van der Waals surface area contributed by atoms with E-state index in [0.29, 0.717) is 0 Å². The summed E-state index contributed by atoms with van der Waals surface area (Å²) in [5.74, 6) is 2.44. The number of aryl methyl sites for hydroxylation is 3. The van der Waals surface area contributed by atoms with Crippen molar-refractivity contribution < 1.29 is 9.30 Å². The summed E-state index contributed by atoms with van der Waals surface area (Å²) >= 11 is 1.84. The van der Waals surface area contributed by atoms with Crippen molar-refractivity contribution in [1.29, 1.82) is 0 Å². The lowest BCUT2D eigenvalue weighted by Gasteiger charge is -2.20. The Bertz CT molecular complexity index is 3130. The molecule has 0 aliphatic carbocycles. The van der Waals surface area contributed by atoms with Crippen LogP contribution in [-0.2, 0) is 5.41 Å². The summed E-state index contributed by atoms with van der Waals surface area (Å²) in [7, 11) is 0. The number of pyridine rings is 1. The Hall–Kier alpha value is -6.24. The van der Waals surface area contributed by atoms with Gasteiger partial charge in [-0.05, 0) is 110 Å². The lowest BCUT2D eigenvalue weighted by Crippen LogP contribution is -2.31. The molecule has 268 valence electrons. The fourth-order valence-electron chi connectivity index (χ4n) is 8.41. The monoisotopic (exact) mass is 733 g/mol. The molecule has 0 N–H and O–H groups in total. The van der Waals surface area contributed by atoms with E-state index >= 15 is 0 Å². The van der Waals surface area contributed by atoms with Crippen molar-refractivity contribution in [2.45, 2.75) is 47.0 Å². The lowest BCUT2D eigenvalue weighted by atomic mass is 9.88. The van der Waals surface area contributed by atoms with Gasteiger partial charge in [0.15, 0.2) is 11.0 Å². The fraction of sp³-hybridized carbons (Fsp3) is 0.143. The second kappa shape index (κ2) is 12.4. The predicted molar refractivity (Wildman–Crippen MR) is 229 cm³/mol. The third-order valence-corrected chi connectivity index (χ3v) is 12.0. The van der Waals surface area contributed by atoms with Crippen molar-refractivity contribution in [1.82, 2.24) is 14.1 Å². The van der Waals surface area contributed by atoms with Gasteiger partial charge in [-0.3, -0.25) is 4.57 Å². The second-order valence-corrected chi connectivity index (χ2v) is 16.9. The molecule has 0 amide bonds. The Morgan fingerprint density at radius 2 is 1.38 bits per heavy atom. The molecule has 6 heteroatoms. The van der Waals surface area contributed by atoms with Gasteiger partial charge in [0.1, 0.15) is 28.7 Å². The van der Waals surface area contributed by atoms with Crippen LogP contribution in [0.3, 0.4) is 0 Å². The molecule has 10 aromatic rings. The summed E-state index contributed by atoms with van der Waals surface area (Å²) in [5, 5.41) is 4.95. The first-order chi connectivity index (χ1) is 26.6. The van der Waals surface area contributed by atoms with Crippen molar-refractivity contribution >= 4 is 64.3 Å². The second-order valence-electron chi connectivity index (χ2n) is 15.8. The average molecular weight is 734 g/mol. The van der Waals surface area contributed by atoms with E-state index in [1.807, 2.05) is 23.6 Å². The molecule has 0 radical (unpaired) electrons. The van der Waals surface area contributed by atoms with Crippen LogP contribution in [0.5, 0.6) is 11.5 Å². The molecule has 10 rings (SSSR count). The van der Waals surface area contributed by atoms with Crippen molar-refractivity contribution in [3.8, 4) is 28.7 Å². The number of nitrogens with zero attached hydrogens (tertiary/aromatic N) is 4. The van der Waals surface area contributed by atoms with Crippen molar-refractivity contribution in [2.75, 3.05) is 0 Å². The smallest absolute Gasteiger partial charge is 0.255 e. The van der Waals surface area contributed by atoms with Gasteiger partial charge in [-0.2, -0.15) is 9.13 Å². The van der Waals surface area contributed by atoms with Gasteiger partial charge in [0.05, 0.1) is 11.0 Å². The molecule has 5 nitrogen and oxygen atoms in total. The van der Waals surface area contributed by atoms with Crippen LogP contribution >= 0.6 is 11.3 Å². The zero-order valence-electron chi connectivity index (χ0n) is 31.9. The van der Waals surface area contributed by atoms with Crippen LogP contribution < -0.4 is 9.30 Å². The molecule has 4 aromatic heterocycles. The lowest BCUT2D eigenvalue weighted by molar-refractivity contribution is -0.568. The van der Waals surface area contributed by atoms with Gasteiger partial charge in [0.25, 0.3) is 6.33 Å². The van der Waals surface area contributed by atoms with Gasteiger partial charge in [0.2, 0.25) is 0 Å². The highest BCUT2D eigenvalue weighted by Crippen LogP contribution is 2.42. The molecule has 0 saturated heterocycles. The van der Waals surface area contributed by atoms with Gasteiger partial charge >= 0.3 is 0 Å². The van der Waals surface area contributed by atoms with Gasteiger partial charge in [-0.25, -0.2) is 4.98 Å². The summed E-state index contributed by atoms with van der Waals surface area (Å²) in [6, 6.07) is 45.7. The van der Waals surface area contributed by atoms with Crippen LogP contribution in [0.25, 0.3) is 70.2 Å². The van der Waals surface area contributed by atoms with Gasteiger partial charge in [-0.15, -0.1) is 11.3 Å². The molecule has 55 heavy (non-hydrogen) atoms. The number of para-hydroxylation sites is 2. The minimum Gasteiger partial charge on any atom is -0.457 e. The third kappa shape index (κ3) is 5.51. The van der Waals surface area contributed by atoms with Crippen LogP contribution in [0.1, 0.15) is 43.0 Å². The predicted octanol–water partition coefficient (Wildman–Crippen LogP) is 12.8. The molecular formula is C49H41N4OS+. The first kappa shape index (κ1) is 33.3. The maximum Gasteiger partial charge on any atom is 0.255 e. The maximum atomic E-state index is 6.74. The SMILES string of the molecule is Cc1cc(C)c(-[n+]2cn(-c3cccc(Oc4ccc5c6cc7c(cc6n(-c6cc(C(C)(C)C)ccn6)c5c4)sc4ccccc47)c3)c3ccccc32)c(C)c1. The summed E-state index contributed by atoms with van der Waals surface area (Å²) in [6.07, 6.45) is 4.14. The summed E-state index contributed by atoms with van der Waals surface area (Å²) in [5.41, 5.74) is 11.7. The van der Waals surface area contributed by atoms with E-state index in [4.69, 9.17) is 9.72 Å². The molecule has 0 spiro atoms. The van der Waals surface area contributed by atoms with E-state index in [-0.39, 0.29) is 5.41 Å². The molecule has 4 heterocycles. The van der Waals surface area contributed by atoms with Gasteiger partial charge in [-0.1, -0.05) is 74.9 Å². The zero-order chi connectivity index (χ0) is 37.6. The fourth-order valence-corrected chi connectivity index (χ4v) is 9.53. The minimum atomic E-state index is -0.0173. The van der Waals surface area contributed by atoms with Crippen LogP contribution in [0, 0.1) is 20.8 Å². The number of rotatable bonds is 5. The highest BCUT2D eigenvalue weighted by molar-refractivity contribution is 7.25. The molecule has 0 fully saturated rings. The first-order valence-corrected chi connectivity index (χ1v) is 19.7. The molecule has 0 bridgehead atoms. The van der Waals surface area contributed by atoms with Crippen LogP contribution in [-0.4, -0.2) is 14.1 Å². The molecule has 0 aliphatic heterocycles. The highest BCUT2D eigenvalue weighted by Gasteiger charge is 2.23. The number of thiophene rings is 1. The number of hydrogen-bond acceptors (Lipinski definition) is 3. The number of hydrogen-bond donors (Lipinski definition) is 0. The van der Waals surface area contributed by atoms with E-state index in [1.165, 1.54) is 58.9 Å². The average Bonchev–Trinajstić information content (AvgIpc) is 3.82. The minimum absolute atomic E-state index is 0.0173. The Balaban J connectivity index is 1.11. The van der Waals surface area contributed by atoms with E-state index in [9.17, 15) is 0 Å². The Morgan fingerprint density at radius 3 is 2.22 bits per heavy atom. The Morgan fingerprint density at radius 1 is 0.618 bits per heavy atom. The van der Waals surface area contributed by atoms with Gasteiger partial charge in [0, 0.05) is 49.3 Å². The van der Waals surface area contributed by atoms with E-state index in [2.05, 4.69) is 183 Å². The topological polar surface area (TPSA) is 35.9 Å². The molecule has 6 aromatic carbocycles. The maximum absolute atomic E-state index is 6.74. The van der Waals surface area contributed by atoms with Crippen LogP contribution in [0.15, 0.2) is 140 Å². The number of ether oxygens (including phenoxy) is 1. The third-order valence-electron chi connectivity index (χ3n) is 10.9. The molecular weight excluding hydrogens is 693 g/mol. The normalized spacial score (nSPS) is 12.2.